The van der Waals surface area contributed by atoms with Gasteiger partial charge < -0.3 is 11.1 Å². The van der Waals surface area contributed by atoms with Crippen molar-refractivity contribution in [3.8, 4) is 6.07 Å². The fraction of sp³-hybridized carbons (Fsp3) is 0. The van der Waals surface area contributed by atoms with Gasteiger partial charge in [-0.1, -0.05) is 0 Å². The fourth-order valence-corrected chi connectivity index (χ4v) is 1.77. The number of nitrogen functional groups attached to an aromatic ring is 1. The molecule has 0 aromatic carbocycles. The second kappa shape index (κ2) is 4.00. The maximum atomic E-state index is 11.6. The van der Waals surface area contributed by atoms with Crippen LogP contribution in [0, 0.1) is 11.3 Å². The molecule has 0 unspecified atom stereocenters. The second-order valence-electron chi connectivity index (χ2n) is 2.77. The van der Waals surface area contributed by atoms with E-state index in [1.807, 2.05) is 6.07 Å². The number of rotatable bonds is 2. The summed E-state index contributed by atoms with van der Waals surface area (Å²) >= 11 is 1.26. The van der Waals surface area contributed by atoms with E-state index < -0.39 is 5.91 Å². The molecule has 1 amide bonds. The number of carbonyl (C=O) groups excluding carboxylic acids is 1. The Labute approximate surface area is 93.9 Å². The van der Waals surface area contributed by atoms with Crippen LogP contribution in [0.4, 0.5) is 10.9 Å². The number of H-pyrrole nitrogens is 1. The van der Waals surface area contributed by atoms with Crippen molar-refractivity contribution in [1.29, 1.82) is 5.26 Å². The Hall–Kier alpha value is -2.40. The molecule has 0 aliphatic carbocycles. The highest BCUT2D eigenvalue weighted by Crippen LogP contribution is 2.22. The molecule has 0 saturated heterocycles. The summed E-state index contributed by atoms with van der Waals surface area (Å²) in [4.78, 5) is 15.3. The minimum atomic E-state index is -0.483. The lowest BCUT2D eigenvalue weighted by atomic mass is 10.3. The summed E-state index contributed by atoms with van der Waals surface area (Å²) in [6.07, 6.45) is 0. The molecule has 0 aliphatic rings. The smallest absolute Gasteiger partial charge is 0.293 e. The third-order valence-electron chi connectivity index (χ3n) is 1.73. The summed E-state index contributed by atoms with van der Waals surface area (Å²) in [7, 11) is 0. The van der Waals surface area contributed by atoms with E-state index in [0.717, 1.165) is 0 Å². The summed E-state index contributed by atoms with van der Waals surface area (Å²) < 4.78 is 0. The predicted octanol–water partition coefficient (Wildman–Crippen LogP) is 0.572. The van der Waals surface area contributed by atoms with Crippen molar-refractivity contribution in [3.63, 3.8) is 0 Å². The molecule has 16 heavy (non-hydrogen) atoms. The van der Waals surface area contributed by atoms with Gasteiger partial charge in [-0.3, -0.25) is 9.89 Å². The van der Waals surface area contributed by atoms with Crippen molar-refractivity contribution in [3.05, 3.63) is 22.8 Å². The van der Waals surface area contributed by atoms with Crippen molar-refractivity contribution in [2.24, 2.45) is 0 Å². The van der Waals surface area contributed by atoms with Crippen LogP contribution in [0.25, 0.3) is 0 Å². The Morgan fingerprint density at radius 1 is 1.69 bits per heavy atom. The van der Waals surface area contributed by atoms with Gasteiger partial charge in [0.25, 0.3) is 5.91 Å². The zero-order valence-electron chi connectivity index (χ0n) is 7.89. The molecule has 0 aliphatic heterocycles. The first kappa shape index (κ1) is 10.1. The van der Waals surface area contributed by atoms with Gasteiger partial charge in [0, 0.05) is 0 Å². The van der Waals surface area contributed by atoms with E-state index in [2.05, 4.69) is 20.5 Å². The first-order chi connectivity index (χ1) is 7.70. The monoisotopic (exact) mass is 234 g/mol. The third kappa shape index (κ3) is 1.84. The van der Waals surface area contributed by atoms with Gasteiger partial charge in [-0.05, 0) is 11.4 Å². The molecule has 0 saturated carbocycles. The first-order valence-electron chi connectivity index (χ1n) is 4.17. The Bertz CT molecular complexity index is 565. The molecule has 2 heterocycles. The molecule has 80 valence electrons. The number of hydrogen-bond donors (Lipinski definition) is 3. The number of anilines is 2. The van der Waals surface area contributed by atoms with Crippen molar-refractivity contribution >= 4 is 28.2 Å². The van der Waals surface area contributed by atoms with Gasteiger partial charge in [0.2, 0.25) is 11.8 Å². The highest BCUT2D eigenvalue weighted by Gasteiger charge is 2.13. The highest BCUT2D eigenvalue weighted by molar-refractivity contribution is 7.14. The van der Waals surface area contributed by atoms with E-state index in [1.54, 1.807) is 11.4 Å². The fourth-order valence-electron chi connectivity index (χ4n) is 1.03. The number of nitrogens with one attached hydrogen (secondary N) is 2. The van der Waals surface area contributed by atoms with Crippen LogP contribution in [0.15, 0.2) is 11.4 Å². The number of aromatic nitrogens is 3. The van der Waals surface area contributed by atoms with Crippen molar-refractivity contribution in [1.82, 2.24) is 15.2 Å². The molecular formula is C8H6N6OS. The van der Waals surface area contributed by atoms with Crippen LogP contribution >= 0.6 is 11.3 Å². The maximum Gasteiger partial charge on any atom is 0.293 e. The Kier molecular flexibility index (Phi) is 2.53. The van der Waals surface area contributed by atoms with E-state index >= 15 is 0 Å². The van der Waals surface area contributed by atoms with Gasteiger partial charge in [0.1, 0.15) is 11.1 Å². The van der Waals surface area contributed by atoms with E-state index in [-0.39, 0.29) is 11.8 Å². The quantitative estimate of drug-likeness (QED) is 0.701. The normalized spacial score (nSPS) is 9.69. The minimum Gasteiger partial charge on any atom is -0.366 e. The molecule has 2 aromatic heterocycles. The molecule has 2 rings (SSSR count). The average Bonchev–Trinajstić information content (AvgIpc) is 2.86. The molecule has 4 N–H and O–H groups in total. The lowest BCUT2D eigenvalue weighted by molar-refractivity contribution is 0.101. The van der Waals surface area contributed by atoms with Gasteiger partial charge in [-0.15, -0.1) is 16.4 Å². The highest BCUT2D eigenvalue weighted by atomic mass is 32.1. The molecule has 0 radical (unpaired) electrons. The molecule has 0 bridgehead atoms. The Balaban J connectivity index is 2.17. The van der Waals surface area contributed by atoms with E-state index in [4.69, 9.17) is 11.0 Å². The van der Waals surface area contributed by atoms with E-state index in [0.29, 0.717) is 10.6 Å². The van der Waals surface area contributed by atoms with Crippen molar-refractivity contribution < 1.29 is 4.79 Å². The maximum absolute atomic E-state index is 11.6. The number of nitrogens with two attached hydrogens (primary N) is 1. The van der Waals surface area contributed by atoms with Crippen LogP contribution in [-0.2, 0) is 0 Å². The molecule has 8 heteroatoms. The average molecular weight is 234 g/mol. The first-order valence-corrected chi connectivity index (χ1v) is 5.05. The van der Waals surface area contributed by atoms with Crippen LogP contribution in [0.5, 0.6) is 0 Å². The topological polar surface area (TPSA) is 120 Å². The number of aromatic amines is 1. The van der Waals surface area contributed by atoms with Crippen LogP contribution in [0.3, 0.4) is 0 Å². The molecule has 7 nitrogen and oxygen atoms in total. The van der Waals surface area contributed by atoms with Crippen molar-refractivity contribution in [2.45, 2.75) is 0 Å². The third-order valence-corrected chi connectivity index (χ3v) is 2.56. The summed E-state index contributed by atoms with van der Waals surface area (Å²) in [5.41, 5.74) is 5.67. The molecule has 0 atom stereocenters. The summed E-state index contributed by atoms with van der Waals surface area (Å²) in [6.45, 7) is 0. The van der Waals surface area contributed by atoms with E-state index in [1.165, 1.54) is 11.3 Å². The standard InChI is InChI=1S/C8H6N6OS/c9-3-4-1-2-16-7(4)12-6(15)5-11-8(10)14-13-5/h1-2H,(H,12,15)(H3,10,11,13,14). The summed E-state index contributed by atoms with van der Waals surface area (Å²) in [5, 5.41) is 19.4. The van der Waals surface area contributed by atoms with Gasteiger partial charge in [0.05, 0.1) is 5.56 Å². The van der Waals surface area contributed by atoms with Gasteiger partial charge in [-0.25, -0.2) is 0 Å². The van der Waals surface area contributed by atoms with E-state index in [9.17, 15) is 4.79 Å². The molecule has 0 spiro atoms. The number of carbonyl (C=O) groups is 1. The SMILES string of the molecule is N#Cc1ccsc1NC(=O)c1nc(N)n[nH]1. The number of amides is 1. The van der Waals surface area contributed by atoms with Crippen LogP contribution in [-0.4, -0.2) is 21.1 Å². The minimum absolute atomic E-state index is 0.00293. The molecule has 2 aromatic rings. The van der Waals surface area contributed by atoms with Crippen molar-refractivity contribution in [2.75, 3.05) is 11.1 Å². The van der Waals surface area contributed by atoms with Gasteiger partial charge in [0.15, 0.2) is 0 Å². The largest absolute Gasteiger partial charge is 0.366 e. The Morgan fingerprint density at radius 2 is 2.50 bits per heavy atom. The zero-order chi connectivity index (χ0) is 11.5. The summed E-state index contributed by atoms with van der Waals surface area (Å²) in [5.74, 6) is -0.477. The van der Waals surface area contributed by atoms with Crippen LogP contribution < -0.4 is 11.1 Å². The lowest BCUT2D eigenvalue weighted by Gasteiger charge is -1.98. The summed E-state index contributed by atoms with van der Waals surface area (Å²) in [6, 6.07) is 3.58. The second-order valence-corrected chi connectivity index (χ2v) is 3.69. The number of nitriles is 1. The molecular weight excluding hydrogens is 228 g/mol. The number of nitrogens with zero attached hydrogens (tertiary/aromatic N) is 3. The zero-order valence-corrected chi connectivity index (χ0v) is 8.71. The molecule has 0 fully saturated rings. The predicted molar refractivity (Wildman–Crippen MR) is 57.8 cm³/mol. The lowest BCUT2D eigenvalue weighted by Crippen LogP contribution is -2.13. The van der Waals surface area contributed by atoms with Crippen LogP contribution in [0.2, 0.25) is 0 Å². The number of hydrogen-bond acceptors (Lipinski definition) is 6. The van der Waals surface area contributed by atoms with Gasteiger partial charge >= 0.3 is 0 Å². The van der Waals surface area contributed by atoms with Gasteiger partial charge in [-0.2, -0.15) is 10.2 Å². The Morgan fingerprint density at radius 3 is 3.12 bits per heavy atom. The number of thiophene rings is 1. The van der Waals surface area contributed by atoms with Crippen LogP contribution in [0.1, 0.15) is 16.2 Å².